The second kappa shape index (κ2) is 5.20. The number of benzene rings is 1. The number of nitrogens with zero attached hydrogens (tertiary/aromatic N) is 1. The molecule has 0 unspecified atom stereocenters. The van der Waals surface area contributed by atoms with E-state index in [-0.39, 0.29) is 5.69 Å². The van der Waals surface area contributed by atoms with Crippen LogP contribution >= 0.6 is 0 Å². The molecule has 1 amide bonds. The first kappa shape index (κ1) is 13.1. The SMILES string of the molecule is C=CC(=O)Nc1ccc(-c2cnc3[nH]ccc3c2)cc1F. The van der Waals surface area contributed by atoms with E-state index >= 15 is 0 Å². The van der Waals surface area contributed by atoms with Gasteiger partial charge in [0, 0.05) is 23.3 Å². The molecule has 0 fully saturated rings. The van der Waals surface area contributed by atoms with E-state index in [1.54, 1.807) is 18.5 Å². The molecule has 0 spiro atoms. The summed E-state index contributed by atoms with van der Waals surface area (Å²) in [7, 11) is 0. The molecule has 2 aromatic heterocycles. The maximum absolute atomic E-state index is 14.0. The lowest BCUT2D eigenvalue weighted by Crippen LogP contribution is -2.08. The molecule has 1 aromatic carbocycles. The predicted octanol–water partition coefficient (Wildman–Crippen LogP) is 3.49. The number of halogens is 1. The summed E-state index contributed by atoms with van der Waals surface area (Å²) < 4.78 is 14.0. The Bertz CT molecular complexity index is 838. The van der Waals surface area contributed by atoms with Gasteiger partial charge in [0.2, 0.25) is 5.91 Å². The number of H-pyrrole nitrogens is 1. The van der Waals surface area contributed by atoms with Gasteiger partial charge in [0.15, 0.2) is 0 Å². The first-order valence-electron chi connectivity index (χ1n) is 6.34. The van der Waals surface area contributed by atoms with Gasteiger partial charge >= 0.3 is 0 Å². The van der Waals surface area contributed by atoms with Crippen LogP contribution in [0.15, 0.2) is 55.4 Å². The maximum Gasteiger partial charge on any atom is 0.247 e. The molecular formula is C16H12FN3O. The van der Waals surface area contributed by atoms with E-state index in [4.69, 9.17) is 0 Å². The van der Waals surface area contributed by atoms with Crippen molar-refractivity contribution in [1.29, 1.82) is 0 Å². The number of rotatable bonds is 3. The lowest BCUT2D eigenvalue weighted by Gasteiger charge is -2.07. The third-order valence-corrected chi connectivity index (χ3v) is 3.15. The van der Waals surface area contributed by atoms with E-state index in [1.807, 2.05) is 12.1 Å². The third kappa shape index (κ3) is 2.53. The number of nitrogens with one attached hydrogen (secondary N) is 2. The summed E-state index contributed by atoms with van der Waals surface area (Å²) in [5.41, 5.74) is 2.41. The molecule has 104 valence electrons. The number of carbonyl (C=O) groups excluding carboxylic acids is 1. The molecule has 2 heterocycles. The fourth-order valence-corrected chi connectivity index (χ4v) is 2.08. The Kier molecular flexibility index (Phi) is 3.23. The topological polar surface area (TPSA) is 57.8 Å². The number of aromatic nitrogens is 2. The monoisotopic (exact) mass is 281 g/mol. The van der Waals surface area contributed by atoms with Gasteiger partial charge in [-0.1, -0.05) is 12.6 Å². The van der Waals surface area contributed by atoms with Gasteiger partial charge in [0.05, 0.1) is 5.69 Å². The summed E-state index contributed by atoms with van der Waals surface area (Å²) in [5, 5.41) is 3.37. The summed E-state index contributed by atoms with van der Waals surface area (Å²) in [6.07, 6.45) is 4.57. The van der Waals surface area contributed by atoms with Crippen LogP contribution in [0, 0.1) is 5.82 Å². The van der Waals surface area contributed by atoms with Crippen LogP contribution in [0.5, 0.6) is 0 Å². The van der Waals surface area contributed by atoms with Crippen LogP contribution in [-0.4, -0.2) is 15.9 Å². The number of aromatic amines is 1. The molecule has 0 radical (unpaired) electrons. The zero-order valence-electron chi connectivity index (χ0n) is 11.1. The number of pyridine rings is 1. The average molecular weight is 281 g/mol. The number of hydrogen-bond donors (Lipinski definition) is 2. The van der Waals surface area contributed by atoms with Crippen LogP contribution in [-0.2, 0) is 4.79 Å². The number of fused-ring (bicyclic) bond motifs is 1. The first-order chi connectivity index (χ1) is 10.2. The Hall–Kier alpha value is -2.95. The molecule has 4 nitrogen and oxygen atoms in total. The van der Waals surface area contributed by atoms with Gasteiger partial charge in [-0.3, -0.25) is 4.79 Å². The third-order valence-electron chi connectivity index (χ3n) is 3.15. The van der Waals surface area contributed by atoms with Gasteiger partial charge in [-0.25, -0.2) is 9.37 Å². The molecule has 0 bridgehead atoms. The zero-order valence-corrected chi connectivity index (χ0v) is 11.1. The fraction of sp³-hybridized carbons (Fsp3) is 0. The molecule has 0 saturated carbocycles. The van der Waals surface area contributed by atoms with Crippen molar-refractivity contribution in [3.8, 4) is 11.1 Å². The van der Waals surface area contributed by atoms with Crippen molar-refractivity contribution in [2.45, 2.75) is 0 Å². The lowest BCUT2D eigenvalue weighted by molar-refractivity contribution is -0.111. The highest BCUT2D eigenvalue weighted by Gasteiger charge is 2.08. The van der Waals surface area contributed by atoms with E-state index in [1.165, 1.54) is 12.1 Å². The van der Waals surface area contributed by atoms with E-state index in [0.717, 1.165) is 22.7 Å². The van der Waals surface area contributed by atoms with Crippen molar-refractivity contribution in [3.05, 3.63) is 61.2 Å². The van der Waals surface area contributed by atoms with E-state index in [0.29, 0.717) is 5.56 Å². The van der Waals surface area contributed by atoms with Crippen LogP contribution in [0.3, 0.4) is 0 Å². The average Bonchev–Trinajstić information content (AvgIpc) is 2.96. The van der Waals surface area contributed by atoms with Crippen LogP contribution in [0.1, 0.15) is 0 Å². The summed E-state index contributed by atoms with van der Waals surface area (Å²) in [6.45, 7) is 3.33. The Balaban J connectivity index is 1.97. The minimum Gasteiger partial charge on any atom is -0.346 e. The largest absolute Gasteiger partial charge is 0.346 e. The molecule has 5 heteroatoms. The van der Waals surface area contributed by atoms with Crippen molar-refractivity contribution in [1.82, 2.24) is 9.97 Å². The zero-order chi connectivity index (χ0) is 14.8. The fourth-order valence-electron chi connectivity index (χ4n) is 2.08. The van der Waals surface area contributed by atoms with Gasteiger partial charge in [0.25, 0.3) is 0 Å². The van der Waals surface area contributed by atoms with Crippen molar-refractivity contribution in [2.24, 2.45) is 0 Å². The van der Waals surface area contributed by atoms with E-state index in [9.17, 15) is 9.18 Å². The molecule has 0 atom stereocenters. The predicted molar refractivity (Wildman–Crippen MR) is 80.3 cm³/mol. The van der Waals surface area contributed by atoms with Crippen LogP contribution < -0.4 is 5.32 Å². The highest BCUT2D eigenvalue weighted by atomic mass is 19.1. The summed E-state index contributed by atoms with van der Waals surface area (Å²) in [4.78, 5) is 18.5. The quantitative estimate of drug-likeness (QED) is 0.722. The molecule has 21 heavy (non-hydrogen) atoms. The molecule has 0 saturated heterocycles. The molecule has 0 aliphatic heterocycles. The molecule has 2 N–H and O–H groups in total. The summed E-state index contributed by atoms with van der Waals surface area (Å²) >= 11 is 0. The van der Waals surface area contributed by atoms with Crippen molar-refractivity contribution in [3.63, 3.8) is 0 Å². The Morgan fingerprint density at radius 3 is 2.90 bits per heavy atom. The van der Waals surface area contributed by atoms with Crippen LogP contribution in [0.25, 0.3) is 22.2 Å². The highest BCUT2D eigenvalue weighted by Crippen LogP contribution is 2.26. The lowest BCUT2D eigenvalue weighted by atomic mass is 10.1. The smallest absolute Gasteiger partial charge is 0.247 e. The Morgan fingerprint density at radius 2 is 2.14 bits per heavy atom. The number of anilines is 1. The van der Waals surface area contributed by atoms with Gasteiger partial charge in [0.1, 0.15) is 11.5 Å². The van der Waals surface area contributed by atoms with E-state index < -0.39 is 11.7 Å². The normalized spacial score (nSPS) is 10.5. The minimum atomic E-state index is -0.503. The maximum atomic E-state index is 14.0. The molecule has 0 aliphatic carbocycles. The van der Waals surface area contributed by atoms with Crippen molar-refractivity contribution < 1.29 is 9.18 Å². The van der Waals surface area contributed by atoms with E-state index in [2.05, 4.69) is 21.9 Å². The second-order valence-electron chi connectivity index (χ2n) is 4.53. The first-order valence-corrected chi connectivity index (χ1v) is 6.34. The summed E-state index contributed by atoms with van der Waals surface area (Å²) in [6, 6.07) is 8.45. The molecular weight excluding hydrogens is 269 g/mol. The van der Waals surface area contributed by atoms with Crippen molar-refractivity contribution in [2.75, 3.05) is 5.32 Å². The van der Waals surface area contributed by atoms with Crippen LogP contribution in [0.4, 0.5) is 10.1 Å². The second-order valence-corrected chi connectivity index (χ2v) is 4.53. The molecule has 3 rings (SSSR count). The summed E-state index contributed by atoms with van der Waals surface area (Å²) in [5.74, 6) is -0.950. The van der Waals surface area contributed by atoms with Gasteiger partial charge < -0.3 is 10.3 Å². The number of hydrogen-bond acceptors (Lipinski definition) is 2. The number of amides is 1. The number of carbonyl (C=O) groups is 1. The van der Waals surface area contributed by atoms with Crippen LogP contribution in [0.2, 0.25) is 0 Å². The highest BCUT2D eigenvalue weighted by molar-refractivity contribution is 5.99. The van der Waals surface area contributed by atoms with Gasteiger partial charge in [-0.2, -0.15) is 0 Å². The van der Waals surface area contributed by atoms with Gasteiger partial charge in [-0.05, 0) is 35.9 Å². The Labute approximate surface area is 120 Å². The van der Waals surface area contributed by atoms with Gasteiger partial charge in [-0.15, -0.1) is 0 Å². The standard InChI is InChI=1S/C16H12FN3O/c1-2-15(21)20-14-4-3-10(8-13(14)17)12-7-11-5-6-18-16(11)19-9-12/h2-9H,1H2,(H,18,19)(H,20,21). The Morgan fingerprint density at radius 1 is 1.29 bits per heavy atom. The molecule has 0 aliphatic rings. The minimum absolute atomic E-state index is 0.124. The molecule has 3 aromatic rings. The van der Waals surface area contributed by atoms with Crippen molar-refractivity contribution >= 4 is 22.6 Å².